The molecule has 0 aliphatic rings. The first kappa shape index (κ1) is 17.6. The van der Waals surface area contributed by atoms with Gasteiger partial charge in [0, 0.05) is 34.4 Å². The lowest BCUT2D eigenvalue weighted by Crippen LogP contribution is -2.35. The monoisotopic (exact) mass is 355 g/mol. The minimum atomic E-state index is -2.26. The van der Waals surface area contributed by atoms with Crippen LogP contribution < -0.4 is 11.1 Å². The number of nitrogens with one attached hydrogen (secondary N) is 1. The second-order valence-electron chi connectivity index (χ2n) is 5.50. The number of anilines is 1. The summed E-state index contributed by atoms with van der Waals surface area (Å²) in [5, 5.41) is 11.7. The molecule has 0 aliphatic carbocycles. The van der Waals surface area contributed by atoms with E-state index < -0.39 is 9.71 Å². The smallest absolute Gasteiger partial charge is 0.263 e. The molecule has 2 aromatic rings. The van der Waals surface area contributed by atoms with Crippen LogP contribution in [0.1, 0.15) is 20.9 Å². The number of thiophene rings is 1. The second-order valence-corrected chi connectivity index (χ2v) is 9.04. The first-order chi connectivity index (χ1) is 10.6. The van der Waals surface area contributed by atoms with Gasteiger partial charge in [0.25, 0.3) is 5.91 Å². The lowest BCUT2D eigenvalue weighted by Gasteiger charge is -2.18. The Morgan fingerprint density at radius 2 is 2.09 bits per heavy atom. The van der Waals surface area contributed by atoms with Gasteiger partial charge in [0.2, 0.25) is 0 Å². The molecule has 0 spiro atoms. The summed E-state index contributed by atoms with van der Waals surface area (Å²) in [4.78, 5) is 13.4. The van der Waals surface area contributed by atoms with E-state index in [-0.39, 0.29) is 5.91 Å². The van der Waals surface area contributed by atoms with Gasteiger partial charge in [-0.3, -0.25) is 9.00 Å². The Labute approximate surface area is 140 Å². The summed E-state index contributed by atoms with van der Waals surface area (Å²) in [6.07, 6.45) is 1.56. The number of carbonyl (C=O) groups is 1. The molecule has 7 nitrogen and oxygen atoms in total. The van der Waals surface area contributed by atoms with Crippen LogP contribution in [0.25, 0.3) is 10.2 Å². The molecule has 9 heteroatoms. The molecule has 0 radical (unpaired) electrons. The summed E-state index contributed by atoms with van der Waals surface area (Å²) in [6, 6.07) is 0. The Hall–Kier alpha value is -1.71. The lowest BCUT2D eigenvalue weighted by atomic mass is 10.1. The molecule has 0 fully saturated rings. The normalized spacial score (nSPS) is 14.1. The molecule has 0 aliphatic heterocycles. The van der Waals surface area contributed by atoms with Crippen molar-refractivity contribution in [1.29, 1.82) is 0 Å². The molecule has 1 atom stereocenters. The average Bonchev–Trinajstić information content (AvgIpc) is 2.79. The van der Waals surface area contributed by atoms with Gasteiger partial charge in [-0.15, -0.1) is 16.4 Å². The van der Waals surface area contributed by atoms with E-state index in [0.29, 0.717) is 28.5 Å². The fraction of sp³-hybridized carbons (Fsp3) is 0.429. The van der Waals surface area contributed by atoms with E-state index in [1.807, 2.05) is 13.8 Å². The molecule has 0 saturated heterocycles. The molecule has 2 rings (SSSR count). The Morgan fingerprint density at radius 3 is 2.70 bits per heavy atom. The molecular formula is C14H21N5O2S2. The van der Waals surface area contributed by atoms with Crippen LogP contribution in [0.4, 0.5) is 5.69 Å². The third kappa shape index (κ3) is 3.62. The van der Waals surface area contributed by atoms with Gasteiger partial charge in [-0.2, -0.15) is 5.10 Å². The Morgan fingerprint density at radius 1 is 1.43 bits per heavy atom. The summed E-state index contributed by atoms with van der Waals surface area (Å²) in [7, 11) is -0.557. The number of hydrogen-bond donors (Lipinski definition) is 2. The number of amides is 1. The van der Waals surface area contributed by atoms with E-state index >= 15 is 0 Å². The lowest BCUT2D eigenvalue weighted by molar-refractivity contribution is 0.0957. The zero-order valence-electron chi connectivity index (χ0n) is 13.7. The SMILES string of the molecule is C=S(C)(=O)N(C)CCNC(=O)c1sc2nnc(C)c(C)c2c1N. The van der Waals surface area contributed by atoms with Crippen molar-refractivity contribution in [2.75, 3.05) is 32.1 Å². The summed E-state index contributed by atoms with van der Waals surface area (Å²) < 4.78 is 13.4. The molecule has 3 N–H and O–H groups in total. The van der Waals surface area contributed by atoms with Crippen molar-refractivity contribution in [2.24, 2.45) is 0 Å². The second kappa shape index (κ2) is 6.42. The summed E-state index contributed by atoms with van der Waals surface area (Å²) in [5.41, 5.74) is 8.29. The van der Waals surface area contributed by atoms with Gasteiger partial charge in [0.05, 0.1) is 11.4 Å². The number of aryl methyl sites for hydroxylation is 2. The minimum Gasteiger partial charge on any atom is -0.397 e. The van der Waals surface area contributed by atoms with Gasteiger partial charge >= 0.3 is 0 Å². The summed E-state index contributed by atoms with van der Waals surface area (Å²) >= 11 is 1.23. The highest BCUT2D eigenvalue weighted by molar-refractivity contribution is 7.97. The number of likely N-dealkylation sites (N-methyl/N-ethyl adjacent to an activating group) is 1. The zero-order chi connectivity index (χ0) is 17.4. The maximum Gasteiger partial charge on any atom is 0.263 e. The maximum atomic E-state index is 12.3. The predicted molar refractivity (Wildman–Crippen MR) is 97.5 cm³/mol. The molecule has 0 aromatic carbocycles. The number of carbonyl (C=O) groups excluding carboxylic acids is 1. The van der Waals surface area contributed by atoms with Crippen molar-refractivity contribution in [2.45, 2.75) is 13.8 Å². The van der Waals surface area contributed by atoms with Crippen LogP contribution >= 0.6 is 11.3 Å². The third-order valence-electron chi connectivity index (χ3n) is 3.71. The Kier molecular flexibility index (Phi) is 4.92. The number of nitrogens with two attached hydrogens (primary N) is 1. The van der Waals surface area contributed by atoms with Crippen molar-refractivity contribution < 1.29 is 9.00 Å². The molecule has 0 saturated carbocycles. The molecule has 126 valence electrons. The summed E-state index contributed by atoms with van der Waals surface area (Å²) in [5.74, 6) is 3.33. The van der Waals surface area contributed by atoms with Crippen molar-refractivity contribution in [3.05, 3.63) is 16.1 Å². The van der Waals surface area contributed by atoms with Crippen molar-refractivity contribution in [3.8, 4) is 0 Å². The van der Waals surface area contributed by atoms with Crippen LogP contribution in [0.3, 0.4) is 0 Å². The largest absolute Gasteiger partial charge is 0.397 e. The van der Waals surface area contributed by atoms with E-state index in [1.54, 1.807) is 17.6 Å². The van der Waals surface area contributed by atoms with Crippen LogP contribution in [0.15, 0.2) is 0 Å². The highest BCUT2D eigenvalue weighted by Crippen LogP contribution is 2.34. The van der Waals surface area contributed by atoms with Crippen LogP contribution in [0, 0.1) is 13.8 Å². The van der Waals surface area contributed by atoms with E-state index in [4.69, 9.17) is 5.73 Å². The Bertz CT molecular complexity index is 858. The molecule has 2 aromatic heterocycles. The number of nitrogen functional groups attached to an aromatic ring is 1. The fourth-order valence-corrected chi connectivity index (χ4v) is 3.50. The Balaban J connectivity index is 2.16. The standard InChI is InChI=1S/C14H21N5O2S2/c1-8-9(2)17-18-14-10(8)11(15)12(22-14)13(20)16-6-7-19(3)23(4,5)21/h4,6-7,15H2,1-3,5H3,(H,16,20). The van der Waals surface area contributed by atoms with E-state index in [9.17, 15) is 9.00 Å². The molecule has 1 unspecified atom stereocenters. The zero-order valence-corrected chi connectivity index (χ0v) is 15.3. The number of aromatic nitrogens is 2. The molecule has 0 bridgehead atoms. The van der Waals surface area contributed by atoms with Crippen LogP contribution in [0.2, 0.25) is 0 Å². The van der Waals surface area contributed by atoms with Crippen LogP contribution in [0.5, 0.6) is 0 Å². The quantitative estimate of drug-likeness (QED) is 0.773. The van der Waals surface area contributed by atoms with E-state index in [2.05, 4.69) is 21.4 Å². The highest BCUT2D eigenvalue weighted by Gasteiger charge is 2.19. The van der Waals surface area contributed by atoms with E-state index in [1.165, 1.54) is 11.3 Å². The minimum absolute atomic E-state index is 0.261. The molecular weight excluding hydrogens is 334 g/mol. The molecule has 2 heterocycles. The van der Waals surface area contributed by atoms with Gasteiger partial charge in [0.15, 0.2) is 0 Å². The van der Waals surface area contributed by atoms with E-state index in [0.717, 1.165) is 16.6 Å². The molecule has 1 amide bonds. The van der Waals surface area contributed by atoms with Crippen molar-refractivity contribution in [3.63, 3.8) is 0 Å². The number of nitrogens with zero attached hydrogens (tertiary/aromatic N) is 3. The first-order valence-corrected chi connectivity index (χ1v) is 9.87. The van der Waals surface area contributed by atoms with Crippen LogP contribution in [-0.2, 0) is 9.71 Å². The van der Waals surface area contributed by atoms with Gasteiger partial charge in [0.1, 0.15) is 9.71 Å². The van der Waals surface area contributed by atoms with Crippen molar-refractivity contribution in [1.82, 2.24) is 19.8 Å². The van der Waals surface area contributed by atoms with Gasteiger partial charge in [-0.25, -0.2) is 4.31 Å². The van der Waals surface area contributed by atoms with Crippen LogP contribution in [-0.4, -0.2) is 56.9 Å². The predicted octanol–water partition coefficient (Wildman–Crippen LogP) is 0.813. The van der Waals surface area contributed by atoms with Crippen molar-refractivity contribution >= 4 is 48.7 Å². The maximum absolute atomic E-state index is 12.3. The third-order valence-corrected chi connectivity index (χ3v) is 6.30. The highest BCUT2D eigenvalue weighted by atomic mass is 32.2. The average molecular weight is 355 g/mol. The fourth-order valence-electron chi connectivity index (χ4n) is 2.01. The number of hydrogen-bond acceptors (Lipinski definition) is 6. The topological polar surface area (TPSA) is 101 Å². The number of rotatable bonds is 5. The van der Waals surface area contributed by atoms with Gasteiger partial charge in [-0.05, 0) is 32.3 Å². The van der Waals surface area contributed by atoms with Gasteiger partial charge in [-0.1, -0.05) is 0 Å². The first-order valence-electron chi connectivity index (χ1n) is 6.96. The number of fused-ring (bicyclic) bond motifs is 1. The molecule has 23 heavy (non-hydrogen) atoms. The summed E-state index contributed by atoms with van der Waals surface area (Å²) in [6.45, 7) is 4.56. The van der Waals surface area contributed by atoms with Gasteiger partial charge < -0.3 is 11.1 Å².